The van der Waals surface area contributed by atoms with Crippen molar-refractivity contribution in [3.8, 4) is 0 Å². The highest BCUT2D eigenvalue weighted by atomic mass is 35.5. The number of rotatable bonds is 5. The van der Waals surface area contributed by atoms with Gasteiger partial charge in [-0.3, -0.25) is 4.21 Å². The average Bonchev–Trinajstić information content (AvgIpc) is 2.86. The molecule has 0 bridgehead atoms. The molecule has 0 spiro atoms. The first-order valence-electron chi connectivity index (χ1n) is 6.93. The Labute approximate surface area is 135 Å². The summed E-state index contributed by atoms with van der Waals surface area (Å²) in [5.41, 5.74) is 0. The van der Waals surface area contributed by atoms with Crippen molar-refractivity contribution in [3.05, 3.63) is 10.0 Å². The Kier molecular flexibility index (Phi) is 6.01. The normalized spacial score (nSPS) is 23.6. The molecule has 1 aliphatic carbocycles. The van der Waals surface area contributed by atoms with Gasteiger partial charge >= 0.3 is 5.97 Å². The topological polar surface area (TPSA) is 68.3 Å². The first-order valence-corrected chi connectivity index (χ1v) is 9.51. The predicted octanol–water partition coefficient (Wildman–Crippen LogP) is 3.07. The standard InChI is InChI=1S/C13H19ClN2O3S2/c1-3-21(18)9-6-4-5-8(7-9)15-13-16-11(14)10(20-13)12(17)19-2/h8-9H,3-7H2,1-2H3,(H,15,16). The third-order valence-corrected chi connectivity index (χ3v) is 6.66. The number of carbonyl (C=O) groups is 1. The number of ether oxygens (including phenoxy) is 1. The number of halogens is 1. The minimum absolute atomic E-state index is 0.166. The van der Waals surface area contributed by atoms with Gasteiger partial charge in [0, 0.05) is 27.8 Å². The van der Waals surface area contributed by atoms with E-state index in [-0.39, 0.29) is 16.4 Å². The summed E-state index contributed by atoms with van der Waals surface area (Å²) in [6.45, 7) is 1.95. The van der Waals surface area contributed by atoms with Crippen molar-refractivity contribution in [1.82, 2.24) is 4.98 Å². The largest absolute Gasteiger partial charge is 0.465 e. The van der Waals surface area contributed by atoms with Gasteiger partial charge in [0.05, 0.1) is 7.11 Å². The summed E-state index contributed by atoms with van der Waals surface area (Å²) < 4.78 is 16.6. The van der Waals surface area contributed by atoms with Crippen LogP contribution in [0.4, 0.5) is 5.13 Å². The van der Waals surface area contributed by atoms with E-state index < -0.39 is 16.8 Å². The molecule has 1 aromatic rings. The van der Waals surface area contributed by atoms with Gasteiger partial charge in [0.15, 0.2) is 15.2 Å². The van der Waals surface area contributed by atoms with Crippen LogP contribution < -0.4 is 5.32 Å². The average molecular weight is 351 g/mol. The Morgan fingerprint density at radius 2 is 2.33 bits per heavy atom. The van der Waals surface area contributed by atoms with Crippen LogP contribution in [0.2, 0.25) is 5.15 Å². The predicted molar refractivity (Wildman–Crippen MR) is 86.8 cm³/mol. The smallest absolute Gasteiger partial charge is 0.351 e. The van der Waals surface area contributed by atoms with E-state index in [0.29, 0.717) is 15.8 Å². The Hall–Kier alpha value is -0.660. The van der Waals surface area contributed by atoms with Gasteiger partial charge in [0.1, 0.15) is 0 Å². The van der Waals surface area contributed by atoms with Crippen LogP contribution in [0.3, 0.4) is 0 Å². The molecule has 3 unspecified atom stereocenters. The van der Waals surface area contributed by atoms with E-state index in [2.05, 4.69) is 15.0 Å². The van der Waals surface area contributed by atoms with Crippen LogP contribution in [0.25, 0.3) is 0 Å². The summed E-state index contributed by atoms with van der Waals surface area (Å²) in [5.74, 6) is 0.228. The van der Waals surface area contributed by atoms with Crippen molar-refractivity contribution in [2.45, 2.75) is 43.9 Å². The summed E-state index contributed by atoms with van der Waals surface area (Å²) in [5, 5.41) is 4.34. The minimum atomic E-state index is -0.757. The molecule has 0 aromatic carbocycles. The van der Waals surface area contributed by atoms with E-state index in [1.165, 1.54) is 18.4 Å². The van der Waals surface area contributed by atoms with Crippen LogP contribution in [0.1, 0.15) is 42.3 Å². The van der Waals surface area contributed by atoms with Gasteiger partial charge in [0.25, 0.3) is 0 Å². The molecule has 118 valence electrons. The first kappa shape index (κ1) is 16.7. The van der Waals surface area contributed by atoms with Crippen LogP contribution in [-0.4, -0.2) is 39.3 Å². The monoisotopic (exact) mass is 350 g/mol. The third-order valence-electron chi connectivity index (χ3n) is 3.57. The molecule has 0 aliphatic heterocycles. The van der Waals surface area contributed by atoms with Crippen LogP contribution in [0, 0.1) is 0 Å². The van der Waals surface area contributed by atoms with Gasteiger partial charge in [0.2, 0.25) is 0 Å². The van der Waals surface area contributed by atoms with Crippen LogP contribution in [0.15, 0.2) is 0 Å². The summed E-state index contributed by atoms with van der Waals surface area (Å²) >= 11 is 7.14. The van der Waals surface area contributed by atoms with Crippen molar-refractivity contribution < 1.29 is 13.7 Å². The Morgan fingerprint density at radius 1 is 1.57 bits per heavy atom. The molecule has 0 radical (unpaired) electrons. The molecular weight excluding hydrogens is 332 g/mol. The Bertz CT molecular complexity index is 535. The molecule has 0 amide bonds. The molecule has 3 atom stereocenters. The molecule has 1 aliphatic rings. The maximum absolute atomic E-state index is 11.9. The van der Waals surface area contributed by atoms with Gasteiger partial charge in [-0.05, 0) is 19.3 Å². The number of hydrogen-bond donors (Lipinski definition) is 1. The molecule has 2 rings (SSSR count). The fourth-order valence-corrected chi connectivity index (χ4v) is 5.03. The van der Waals surface area contributed by atoms with E-state index in [9.17, 15) is 9.00 Å². The summed E-state index contributed by atoms with van der Waals surface area (Å²) in [7, 11) is 0.560. The number of esters is 1. The molecule has 5 nitrogen and oxygen atoms in total. The van der Waals surface area contributed by atoms with E-state index in [1.54, 1.807) is 0 Å². The first-order chi connectivity index (χ1) is 10.0. The van der Waals surface area contributed by atoms with Gasteiger partial charge in [-0.1, -0.05) is 36.3 Å². The van der Waals surface area contributed by atoms with Crippen molar-refractivity contribution in [2.75, 3.05) is 18.2 Å². The number of methoxy groups -OCH3 is 1. The quantitative estimate of drug-likeness (QED) is 0.826. The SMILES string of the molecule is CCS(=O)C1CCCC(Nc2nc(Cl)c(C(=O)OC)s2)C1. The zero-order chi connectivity index (χ0) is 15.4. The summed E-state index contributed by atoms with van der Waals surface area (Å²) in [6.07, 6.45) is 3.95. The number of thiazole rings is 1. The van der Waals surface area contributed by atoms with Crippen LogP contribution in [0.5, 0.6) is 0 Å². The fourth-order valence-electron chi connectivity index (χ4n) is 2.51. The molecular formula is C13H19ClN2O3S2. The highest BCUT2D eigenvalue weighted by Gasteiger charge is 2.27. The van der Waals surface area contributed by atoms with Crippen molar-refractivity contribution in [1.29, 1.82) is 0 Å². The molecule has 0 saturated heterocycles. The zero-order valence-electron chi connectivity index (χ0n) is 12.1. The van der Waals surface area contributed by atoms with E-state index in [1.807, 2.05) is 6.92 Å². The lowest BCUT2D eigenvalue weighted by Gasteiger charge is -2.28. The van der Waals surface area contributed by atoms with Gasteiger partial charge < -0.3 is 10.1 Å². The van der Waals surface area contributed by atoms with Gasteiger partial charge in [-0.15, -0.1) is 0 Å². The lowest BCUT2D eigenvalue weighted by atomic mass is 9.95. The van der Waals surface area contributed by atoms with Crippen molar-refractivity contribution in [2.24, 2.45) is 0 Å². The maximum Gasteiger partial charge on any atom is 0.351 e. The zero-order valence-corrected chi connectivity index (χ0v) is 14.4. The Morgan fingerprint density at radius 3 is 3.00 bits per heavy atom. The molecule has 8 heteroatoms. The van der Waals surface area contributed by atoms with Gasteiger partial charge in [-0.2, -0.15) is 0 Å². The van der Waals surface area contributed by atoms with Crippen molar-refractivity contribution >= 4 is 44.8 Å². The van der Waals surface area contributed by atoms with Gasteiger partial charge in [-0.25, -0.2) is 9.78 Å². The second-order valence-corrected chi connectivity index (χ2v) is 8.29. The number of carbonyl (C=O) groups excluding carboxylic acids is 1. The van der Waals surface area contributed by atoms with E-state index in [0.717, 1.165) is 25.7 Å². The number of aromatic nitrogens is 1. The number of hydrogen-bond acceptors (Lipinski definition) is 6. The minimum Gasteiger partial charge on any atom is -0.465 e. The lowest BCUT2D eigenvalue weighted by molar-refractivity contribution is 0.0606. The highest BCUT2D eigenvalue weighted by molar-refractivity contribution is 7.85. The van der Waals surface area contributed by atoms with Crippen LogP contribution in [-0.2, 0) is 15.5 Å². The van der Waals surface area contributed by atoms with E-state index >= 15 is 0 Å². The molecule has 21 heavy (non-hydrogen) atoms. The van der Waals surface area contributed by atoms with E-state index in [4.69, 9.17) is 11.6 Å². The fraction of sp³-hybridized carbons (Fsp3) is 0.692. The summed E-state index contributed by atoms with van der Waals surface area (Å²) in [4.78, 5) is 16.0. The number of nitrogens with one attached hydrogen (secondary N) is 1. The Balaban J connectivity index is 2.01. The number of nitrogens with zero attached hydrogens (tertiary/aromatic N) is 1. The molecule has 1 N–H and O–H groups in total. The molecule has 1 aromatic heterocycles. The second kappa shape index (κ2) is 7.56. The highest BCUT2D eigenvalue weighted by Crippen LogP contribution is 2.31. The second-order valence-electron chi connectivity index (χ2n) is 4.93. The molecule has 1 heterocycles. The third kappa shape index (κ3) is 4.17. The van der Waals surface area contributed by atoms with Crippen molar-refractivity contribution in [3.63, 3.8) is 0 Å². The summed E-state index contributed by atoms with van der Waals surface area (Å²) in [6, 6.07) is 0.229. The lowest BCUT2D eigenvalue weighted by Crippen LogP contribution is -2.32. The van der Waals surface area contributed by atoms with Crippen LogP contribution >= 0.6 is 22.9 Å². The maximum atomic E-state index is 11.9. The molecule has 1 saturated carbocycles. The number of anilines is 1. The molecule has 1 fully saturated rings.